The van der Waals surface area contributed by atoms with Gasteiger partial charge in [-0.15, -0.1) is 0 Å². The Kier molecular flexibility index (Phi) is 6.48. The fourth-order valence-corrected chi connectivity index (χ4v) is 5.86. The Balaban J connectivity index is 1.28. The zero-order valence-electron chi connectivity index (χ0n) is 22.0. The van der Waals surface area contributed by atoms with Crippen LogP contribution in [0.1, 0.15) is 57.4 Å². The van der Waals surface area contributed by atoms with E-state index in [-0.39, 0.29) is 12.1 Å². The van der Waals surface area contributed by atoms with Gasteiger partial charge in [-0.3, -0.25) is 0 Å². The van der Waals surface area contributed by atoms with Gasteiger partial charge in [0.05, 0.1) is 36.2 Å². The summed E-state index contributed by atoms with van der Waals surface area (Å²) in [5, 5.41) is 7.14. The van der Waals surface area contributed by atoms with Crippen LogP contribution in [-0.2, 0) is 4.74 Å². The number of rotatable bonds is 7. The van der Waals surface area contributed by atoms with E-state index >= 15 is 0 Å². The number of benzene rings is 2. The van der Waals surface area contributed by atoms with Crippen molar-refractivity contribution in [1.82, 2.24) is 14.9 Å². The molecular formula is C31H34N4O4. The van der Waals surface area contributed by atoms with Gasteiger partial charge < -0.3 is 29.1 Å². The lowest BCUT2D eigenvalue weighted by molar-refractivity contribution is 0.0256. The molecule has 1 saturated heterocycles. The van der Waals surface area contributed by atoms with Crippen LogP contribution in [0.15, 0.2) is 59.5 Å². The summed E-state index contributed by atoms with van der Waals surface area (Å²) in [6.45, 7) is 1.50. The highest BCUT2D eigenvalue weighted by atomic mass is 16.5. The van der Waals surface area contributed by atoms with E-state index in [1.54, 1.807) is 6.20 Å². The molecule has 2 aromatic carbocycles. The number of carbonyl (C=O) groups is 1. The smallest absolute Gasteiger partial charge is 0.319 e. The largest absolute Gasteiger partial charge is 0.490 e. The maximum atomic E-state index is 12.4. The van der Waals surface area contributed by atoms with Crippen LogP contribution in [0, 0.1) is 0 Å². The van der Waals surface area contributed by atoms with Gasteiger partial charge in [-0.25, -0.2) is 9.78 Å². The predicted molar refractivity (Wildman–Crippen MR) is 150 cm³/mol. The van der Waals surface area contributed by atoms with Crippen molar-refractivity contribution in [2.45, 2.75) is 69.6 Å². The van der Waals surface area contributed by atoms with Gasteiger partial charge in [0.25, 0.3) is 0 Å². The Bertz CT molecular complexity index is 1450. The number of hydrogen-bond acceptors (Lipinski definition) is 5. The van der Waals surface area contributed by atoms with E-state index in [1.165, 1.54) is 19.2 Å². The first-order valence-corrected chi connectivity index (χ1v) is 14.2. The van der Waals surface area contributed by atoms with Crippen LogP contribution < -0.4 is 15.4 Å². The van der Waals surface area contributed by atoms with Crippen LogP contribution in [0.4, 0.5) is 10.5 Å². The van der Waals surface area contributed by atoms with Crippen molar-refractivity contribution in [2.24, 2.45) is 0 Å². The topological polar surface area (TPSA) is 90.6 Å². The number of nitrogens with one attached hydrogen (secondary N) is 2. The lowest BCUT2D eigenvalue weighted by Gasteiger charge is -2.30. The van der Waals surface area contributed by atoms with Crippen molar-refractivity contribution in [1.29, 1.82) is 0 Å². The van der Waals surface area contributed by atoms with Crippen molar-refractivity contribution in [3.8, 4) is 28.3 Å². The number of oxazole rings is 1. The molecule has 3 fully saturated rings. The quantitative estimate of drug-likeness (QED) is 0.273. The van der Waals surface area contributed by atoms with Crippen molar-refractivity contribution in [3.63, 3.8) is 0 Å². The molecule has 2 N–H and O–H groups in total. The Labute approximate surface area is 227 Å². The maximum absolute atomic E-state index is 12.4. The zero-order chi connectivity index (χ0) is 26.2. The van der Waals surface area contributed by atoms with Crippen molar-refractivity contribution in [3.05, 3.63) is 55.1 Å². The summed E-state index contributed by atoms with van der Waals surface area (Å²) in [4.78, 5) is 16.6. The highest BCUT2D eigenvalue weighted by molar-refractivity contribution is 6.04. The molecule has 3 heterocycles. The third kappa shape index (κ3) is 4.78. The van der Waals surface area contributed by atoms with E-state index in [0.29, 0.717) is 12.1 Å². The second-order valence-corrected chi connectivity index (χ2v) is 11.0. The fraction of sp³-hybridized carbons (Fsp3) is 0.419. The van der Waals surface area contributed by atoms with Gasteiger partial charge in [0.1, 0.15) is 11.9 Å². The molecule has 2 aliphatic carbocycles. The molecule has 0 unspecified atom stereocenters. The molecule has 8 heteroatoms. The fourth-order valence-electron chi connectivity index (χ4n) is 5.86. The average Bonchev–Trinajstić information content (AvgIpc) is 3.53. The first-order chi connectivity index (χ1) is 19.2. The molecule has 2 amide bonds. The van der Waals surface area contributed by atoms with Gasteiger partial charge in [-0.05, 0) is 68.4 Å². The molecule has 0 radical (unpaired) electrons. The number of hydrogen-bond donors (Lipinski definition) is 2. The summed E-state index contributed by atoms with van der Waals surface area (Å²) in [5.41, 5.74) is 5.14. The molecule has 7 rings (SSSR count). The molecule has 202 valence electrons. The number of fused-ring (bicyclic) bond motifs is 1. The minimum absolute atomic E-state index is 0.143. The van der Waals surface area contributed by atoms with Crippen molar-refractivity contribution in [2.75, 3.05) is 18.5 Å². The summed E-state index contributed by atoms with van der Waals surface area (Å²) in [7, 11) is 0. The molecule has 1 aliphatic heterocycles. The summed E-state index contributed by atoms with van der Waals surface area (Å²) in [6, 6.07) is 15.1. The van der Waals surface area contributed by atoms with E-state index < -0.39 is 0 Å². The monoisotopic (exact) mass is 526 g/mol. The third-order valence-electron chi connectivity index (χ3n) is 8.42. The van der Waals surface area contributed by atoms with Crippen LogP contribution in [0.2, 0.25) is 0 Å². The normalized spacial score (nSPS) is 18.5. The number of aromatic nitrogens is 2. The molecular weight excluding hydrogens is 492 g/mol. The minimum Gasteiger partial charge on any atom is -0.490 e. The van der Waals surface area contributed by atoms with Crippen LogP contribution in [0.3, 0.4) is 0 Å². The average molecular weight is 527 g/mol. The highest BCUT2D eigenvalue weighted by Crippen LogP contribution is 2.47. The van der Waals surface area contributed by atoms with Crippen molar-refractivity contribution < 1.29 is 18.7 Å². The van der Waals surface area contributed by atoms with E-state index in [1.807, 2.05) is 12.1 Å². The first-order valence-electron chi connectivity index (χ1n) is 14.2. The Morgan fingerprint density at radius 1 is 0.974 bits per heavy atom. The summed E-state index contributed by atoms with van der Waals surface area (Å²) in [6.07, 6.45) is 12.1. The number of carbonyl (C=O) groups excluding carboxylic acids is 1. The summed E-state index contributed by atoms with van der Waals surface area (Å²) >= 11 is 0. The van der Waals surface area contributed by atoms with E-state index in [2.05, 4.69) is 50.5 Å². The van der Waals surface area contributed by atoms with Gasteiger partial charge in [0, 0.05) is 42.1 Å². The standard InChI is InChI=1S/C31H34N4O4/c36-31(33-21-3-1-4-21)34-22-9-7-20(8-10-22)30-29(28-18-32-19-38-28)26-12-11-25(39-24-13-15-37-16-14-24)17-27(26)35(30)23-5-2-6-23/h7-12,17-19,21,23-24H,1-6,13-16H2,(H2,33,34,36). The predicted octanol–water partition coefficient (Wildman–Crippen LogP) is 6.92. The Morgan fingerprint density at radius 3 is 2.44 bits per heavy atom. The molecule has 3 aliphatic rings. The van der Waals surface area contributed by atoms with Crippen LogP contribution in [-0.4, -0.2) is 40.9 Å². The molecule has 2 aromatic heterocycles. The van der Waals surface area contributed by atoms with E-state index in [4.69, 9.17) is 13.9 Å². The summed E-state index contributed by atoms with van der Waals surface area (Å²) < 4.78 is 20.3. The van der Waals surface area contributed by atoms with Gasteiger partial charge in [-0.2, -0.15) is 0 Å². The van der Waals surface area contributed by atoms with E-state index in [0.717, 1.165) is 96.7 Å². The summed E-state index contributed by atoms with van der Waals surface area (Å²) in [5.74, 6) is 1.63. The number of anilines is 1. The Hall–Kier alpha value is -3.78. The SMILES string of the molecule is O=C(Nc1ccc(-c2c(-c3cnco3)c3ccc(OC4CCOCC4)cc3n2C2CCC2)cc1)NC1CCC1. The molecule has 0 atom stereocenters. The number of amides is 2. The third-order valence-corrected chi connectivity index (χ3v) is 8.42. The number of urea groups is 1. The second kappa shape index (κ2) is 10.4. The van der Waals surface area contributed by atoms with Gasteiger partial charge in [-0.1, -0.05) is 12.1 Å². The lowest BCUT2D eigenvalue weighted by atomic mass is 9.92. The minimum atomic E-state index is -0.143. The molecule has 2 saturated carbocycles. The van der Waals surface area contributed by atoms with Gasteiger partial charge in [0.15, 0.2) is 12.2 Å². The Morgan fingerprint density at radius 2 is 1.77 bits per heavy atom. The maximum Gasteiger partial charge on any atom is 0.319 e. The second-order valence-electron chi connectivity index (χ2n) is 11.0. The zero-order valence-corrected chi connectivity index (χ0v) is 22.0. The van der Waals surface area contributed by atoms with Crippen LogP contribution >= 0.6 is 0 Å². The molecule has 0 bridgehead atoms. The van der Waals surface area contributed by atoms with E-state index in [9.17, 15) is 4.79 Å². The van der Waals surface area contributed by atoms with Crippen LogP contribution in [0.25, 0.3) is 33.5 Å². The molecule has 0 spiro atoms. The van der Waals surface area contributed by atoms with Crippen LogP contribution in [0.5, 0.6) is 5.75 Å². The van der Waals surface area contributed by atoms with Gasteiger partial charge >= 0.3 is 6.03 Å². The number of ether oxygens (including phenoxy) is 2. The highest BCUT2D eigenvalue weighted by Gasteiger charge is 2.30. The lowest BCUT2D eigenvalue weighted by Crippen LogP contribution is -2.41. The molecule has 8 nitrogen and oxygen atoms in total. The van der Waals surface area contributed by atoms with Gasteiger partial charge in [0.2, 0.25) is 0 Å². The first kappa shape index (κ1) is 24.3. The molecule has 39 heavy (non-hydrogen) atoms. The van der Waals surface area contributed by atoms with Crippen molar-refractivity contribution >= 4 is 22.6 Å². The molecule has 4 aromatic rings. The number of nitrogens with zero attached hydrogens (tertiary/aromatic N) is 2.